The van der Waals surface area contributed by atoms with Crippen molar-refractivity contribution in [1.82, 2.24) is 21.4 Å². The second kappa shape index (κ2) is 13.5. The number of ether oxygens (including phenoxy) is 2. The summed E-state index contributed by atoms with van der Waals surface area (Å²) in [4.78, 5) is 52.2. The maximum Gasteiger partial charge on any atom is 0.338 e. The largest absolute Gasteiger partial charge is 0.483 e. The first kappa shape index (κ1) is 31.3. The number of hydrazone groups is 1. The van der Waals surface area contributed by atoms with Crippen LogP contribution in [0.1, 0.15) is 36.6 Å². The Morgan fingerprint density at radius 1 is 1.07 bits per heavy atom. The predicted molar refractivity (Wildman–Crippen MR) is 167 cm³/mol. The van der Waals surface area contributed by atoms with Crippen LogP contribution in [0.25, 0.3) is 0 Å². The highest BCUT2D eigenvalue weighted by Gasteiger charge is 2.38. The first-order valence-electron chi connectivity index (χ1n) is 13.3. The molecule has 1 saturated heterocycles. The van der Waals surface area contributed by atoms with Crippen molar-refractivity contribution in [1.29, 1.82) is 0 Å². The number of esters is 1. The highest BCUT2D eigenvalue weighted by atomic mass is 32.1. The van der Waals surface area contributed by atoms with Gasteiger partial charge in [-0.25, -0.2) is 10.2 Å². The van der Waals surface area contributed by atoms with Crippen molar-refractivity contribution >= 4 is 70.3 Å². The molecule has 4 rings (SSSR count). The summed E-state index contributed by atoms with van der Waals surface area (Å²) < 4.78 is 11.0. The van der Waals surface area contributed by atoms with Gasteiger partial charge in [0.15, 0.2) is 22.7 Å². The predicted octanol–water partition coefficient (Wildman–Crippen LogP) is 2.20. The quantitative estimate of drug-likeness (QED) is 0.108. The molecular weight excluding hydrogens is 592 g/mol. The number of nitrogens with zero attached hydrogens (tertiary/aromatic N) is 2. The minimum absolute atomic E-state index is 0.0424. The van der Waals surface area contributed by atoms with E-state index in [1.165, 1.54) is 4.90 Å². The Morgan fingerprint density at radius 3 is 2.53 bits per heavy atom. The monoisotopic (exact) mass is 622 g/mol. The van der Waals surface area contributed by atoms with Crippen LogP contribution in [-0.4, -0.2) is 53.3 Å². The van der Waals surface area contributed by atoms with Crippen molar-refractivity contribution in [2.75, 3.05) is 18.1 Å². The molecule has 12 nitrogen and oxygen atoms in total. The number of hydrogen-bond donors (Lipinski definition) is 4. The van der Waals surface area contributed by atoms with Gasteiger partial charge in [-0.2, -0.15) is 5.10 Å². The lowest BCUT2D eigenvalue weighted by atomic mass is 9.95. The molecule has 0 spiro atoms. The topological polar surface area (TPSA) is 150 Å². The number of allylic oxidation sites excluding steroid dienone is 1. The van der Waals surface area contributed by atoms with Gasteiger partial charge in [0.2, 0.25) is 5.91 Å². The summed E-state index contributed by atoms with van der Waals surface area (Å²) in [6.07, 6.45) is 1.04. The van der Waals surface area contributed by atoms with Crippen LogP contribution in [-0.2, 0) is 23.9 Å². The lowest BCUT2D eigenvalue weighted by Gasteiger charge is -2.31. The highest BCUT2D eigenvalue weighted by Crippen LogP contribution is 2.33. The molecule has 2 aliphatic heterocycles. The molecule has 2 aromatic rings. The lowest BCUT2D eigenvalue weighted by Crippen LogP contribution is -2.58. The molecule has 0 radical (unpaired) electrons. The Balaban J connectivity index is 1.43. The van der Waals surface area contributed by atoms with Gasteiger partial charge in [0.05, 0.1) is 23.9 Å². The van der Waals surface area contributed by atoms with Gasteiger partial charge in [0, 0.05) is 17.5 Å². The van der Waals surface area contributed by atoms with E-state index in [9.17, 15) is 19.2 Å². The molecule has 0 saturated carbocycles. The van der Waals surface area contributed by atoms with E-state index in [1.807, 2.05) is 19.9 Å². The third-order valence-corrected chi connectivity index (χ3v) is 7.22. The molecule has 14 heteroatoms. The van der Waals surface area contributed by atoms with Crippen molar-refractivity contribution in [2.24, 2.45) is 11.0 Å². The van der Waals surface area contributed by atoms with E-state index in [0.29, 0.717) is 33.4 Å². The normalized spacial score (nSPS) is 18.7. The molecule has 2 heterocycles. The maximum absolute atomic E-state index is 13.2. The molecular formula is C29H30N6O6S2. The summed E-state index contributed by atoms with van der Waals surface area (Å²) in [5.41, 5.74) is 6.18. The molecule has 3 amide bonds. The fraction of sp³-hybridized carbons (Fsp3) is 0.276. The van der Waals surface area contributed by atoms with Crippen molar-refractivity contribution in [3.8, 4) is 5.75 Å². The van der Waals surface area contributed by atoms with E-state index >= 15 is 0 Å². The molecule has 2 atom stereocenters. The van der Waals surface area contributed by atoms with Crippen LogP contribution in [0.15, 0.2) is 58.8 Å². The van der Waals surface area contributed by atoms with E-state index in [-0.39, 0.29) is 11.7 Å². The number of aryl methyl sites for hydroxylation is 2. The number of anilines is 1. The first-order chi connectivity index (χ1) is 20.5. The Kier molecular flexibility index (Phi) is 9.83. The third-order valence-electron chi connectivity index (χ3n) is 6.72. The van der Waals surface area contributed by atoms with Crippen LogP contribution in [0.3, 0.4) is 0 Å². The fourth-order valence-corrected chi connectivity index (χ4v) is 5.01. The minimum atomic E-state index is -1.32. The molecule has 0 aromatic heterocycles. The SMILES string of the molecule is CCOC(=O)C1=C(C)NC(=S)N[C@@H]1c1ccccc1OCC(=O)NN=C[C@H]1C(=O)NC(=S)N(c2ccc(C)c(C)c2)C1=O. The molecule has 2 aromatic carbocycles. The average Bonchev–Trinajstić information content (AvgIpc) is 2.95. The number of hydrogen-bond acceptors (Lipinski definition) is 9. The molecule has 224 valence electrons. The smallest absolute Gasteiger partial charge is 0.338 e. The van der Waals surface area contributed by atoms with Gasteiger partial charge >= 0.3 is 5.97 Å². The molecule has 2 aliphatic rings. The number of thiocarbonyl (C=S) groups is 2. The molecule has 0 unspecified atom stereocenters. The first-order valence-corrected chi connectivity index (χ1v) is 14.1. The molecule has 43 heavy (non-hydrogen) atoms. The summed E-state index contributed by atoms with van der Waals surface area (Å²) in [5.74, 6) is -3.44. The van der Waals surface area contributed by atoms with Crippen LogP contribution in [0.4, 0.5) is 5.69 Å². The number of benzene rings is 2. The fourth-order valence-electron chi connectivity index (χ4n) is 4.45. The maximum atomic E-state index is 13.2. The average molecular weight is 623 g/mol. The Bertz CT molecular complexity index is 1570. The molecule has 0 aliphatic carbocycles. The Hall–Kier alpha value is -4.69. The number of carbonyl (C=O) groups is 4. The van der Waals surface area contributed by atoms with E-state index in [2.05, 4.69) is 26.5 Å². The summed E-state index contributed by atoms with van der Waals surface area (Å²) in [7, 11) is 0. The lowest BCUT2D eigenvalue weighted by molar-refractivity contribution is -0.139. The second-order valence-electron chi connectivity index (χ2n) is 9.64. The van der Waals surface area contributed by atoms with Crippen LogP contribution < -0.4 is 31.0 Å². The van der Waals surface area contributed by atoms with Crippen molar-refractivity contribution < 1.29 is 28.7 Å². The van der Waals surface area contributed by atoms with Crippen LogP contribution in [0, 0.1) is 19.8 Å². The Labute approximate surface area is 258 Å². The molecule has 4 N–H and O–H groups in total. The summed E-state index contributed by atoms with van der Waals surface area (Å²) >= 11 is 10.5. The van der Waals surface area contributed by atoms with E-state index in [1.54, 1.807) is 50.2 Å². The van der Waals surface area contributed by atoms with Crippen LogP contribution in [0.5, 0.6) is 5.75 Å². The van der Waals surface area contributed by atoms with Crippen molar-refractivity contribution in [3.63, 3.8) is 0 Å². The van der Waals surface area contributed by atoms with Gasteiger partial charge in [-0.1, -0.05) is 24.3 Å². The number of carbonyl (C=O) groups excluding carboxylic acids is 4. The van der Waals surface area contributed by atoms with Gasteiger partial charge in [-0.15, -0.1) is 0 Å². The van der Waals surface area contributed by atoms with Gasteiger partial charge < -0.3 is 25.4 Å². The van der Waals surface area contributed by atoms with Crippen LogP contribution >= 0.6 is 24.4 Å². The van der Waals surface area contributed by atoms with E-state index in [4.69, 9.17) is 33.9 Å². The van der Waals surface area contributed by atoms with Crippen molar-refractivity contribution in [2.45, 2.75) is 33.7 Å². The number of amides is 3. The molecule has 0 bridgehead atoms. The Morgan fingerprint density at radius 2 is 1.81 bits per heavy atom. The number of nitrogens with one attached hydrogen (secondary N) is 4. The summed E-state index contributed by atoms with van der Waals surface area (Å²) in [6, 6.07) is 11.5. The summed E-state index contributed by atoms with van der Waals surface area (Å²) in [5, 5.41) is 12.6. The van der Waals surface area contributed by atoms with Gasteiger partial charge in [0.25, 0.3) is 11.8 Å². The second-order valence-corrected chi connectivity index (χ2v) is 10.4. The number of para-hydroxylation sites is 1. The van der Waals surface area contributed by atoms with E-state index in [0.717, 1.165) is 17.3 Å². The highest BCUT2D eigenvalue weighted by molar-refractivity contribution is 7.80. The zero-order chi connectivity index (χ0) is 31.3. The number of rotatable bonds is 9. The zero-order valence-electron chi connectivity index (χ0n) is 23.8. The van der Waals surface area contributed by atoms with E-state index < -0.39 is 42.3 Å². The van der Waals surface area contributed by atoms with Gasteiger partial charge in [0.1, 0.15) is 5.75 Å². The minimum Gasteiger partial charge on any atom is -0.483 e. The van der Waals surface area contributed by atoms with Crippen molar-refractivity contribution in [3.05, 3.63) is 70.4 Å². The standard InChI is InChI=1S/C29H30N6O6S2/c1-5-40-27(39)23-17(4)31-28(42)32-24(23)19-8-6-7-9-21(19)41-14-22(36)34-30-13-20-25(37)33-29(43)35(26(20)38)18-11-10-15(2)16(3)12-18/h6-13,20,24H,5,14H2,1-4H3,(H,34,36)(H2,31,32,42)(H,33,37,43)/t20-,24+/m0/s1. The zero-order valence-corrected chi connectivity index (χ0v) is 25.5. The summed E-state index contributed by atoms with van der Waals surface area (Å²) in [6.45, 7) is 7.00. The third kappa shape index (κ3) is 7.04. The van der Waals surface area contributed by atoms with Gasteiger partial charge in [-0.3, -0.25) is 19.3 Å². The van der Waals surface area contributed by atoms with Gasteiger partial charge in [-0.05, 0) is 81.5 Å². The molecule has 1 fully saturated rings. The van der Waals surface area contributed by atoms with Crippen LogP contribution in [0.2, 0.25) is 0 Å².